The summed E-state index contributed by atoms with van der Waals surface area (Å²) in [6.45, 7) is 8.11. The summed E-state index contributed by atoms with van der Waals surface area (Å²) in [5, 5.41) is 0. The van der Waals surface area contributed by atoms with Crippen molar-refractivity contribution in [2.45, 2.75) is 89.4 Å². The topological polar surface area (TPSA) is 53.1 Å². The highest BCUT2D eigenvalue weighted by Gasteiger charge is 2.42. The molecule has 148 valence electrons. The van der Waals surface area contributed by atoms with E-state index in [1.54, 1.807) is 4.90 Å². The van der Waals surface area contributed by atoms with Crippen LogP contribution in [0, 0.1) is 0 Å². The summed E-state index contributed by atoms with van der Waals surface area (Å²) in [4.78, 5) is 31.3. The summed E-state index contributed by atoms with van der Waals surface area (Å²) in [5.41, 5.74) is -0.468. The van der Waals surface area contributed by atoms with E-state index in [0.717, 1.165) is 51.6 Å². The fourth-order valence-corrected chi connectivity index (χ4v) is 4.73. The van der Waals surface area contributed by atoms with Crippen LogP contribution in [0.15, 0.2) is 0 Å². The van der Waals surface area contributed by atoms with Crippen molar-refractivity contribution in [3.05, 3.63) is 0 Å². The van der Waals surface area contributed by atoms with Gasteiger partial charge in [-0.15, -0.1) is 0 Å². The number of hydrogen-bond acceptors (Lipinski definition) is 4. The van der Waals surface area contributed by atoms with Crippen LogP contribution in [-0.2, 0) is 9.53 Å². The maximum absolute atomic E-state index is 12.6. The van der Waals surface area contributed by atoms with Crippen LogP contribution in [0.2, 0.25) is 0 Å². The Morgan fingerprint density at radius 1 is 1.04 bits per heavy atom. The normalized spacial score (nSPS) is 29.5. The predicted molar refractivity (Wildman–Crippen MR) is 101 cm³/mol. The van der Waals surface area contributed by atoms with Crippen molar-refractivity contribution in [2.24, 2.45) is 0 Å². The van der Waals surface area contributed by atoms with Crippen LogP contribution in [-0.4, -0.2) is 77.1 Å². The Morgan fingerprint density at radius 2 is 1.62 bits per heavy atom. The van der Waals surface area contributed by atoms with E-state index in [9.17, 15) is 9.59 Å². The van der Waals surface area contributed by atoms with Gasteiger partial charge >= 0.3 is 6.09 Å². The molecule has 6 heteroatoms. The number of likely N-dealkylation sites (tertiary alicyclic amines) is 1. The molecule has 3 aliphatic heterocycles. The third-order valence-corrected chi connectivity index (χ3v) is 6.11. The second kappa shape index (κ2) is 7.75. The number of fused-ring (bicyclic) bond motifs is 2. The lowest BCUT2D eigenvalue weighted by Gasteiger charge is -2.50. The van der Waals surface area contributed by atoms with Gasteiger partial charge in [0.15, 0.2) is 0 Å². The average molecular weight is 366 g/mol. The average Bonchev–Trinajstić information content (AvgIpc) is 3.06. The van der Waals surface area contributed by atoms with Gasteiger partial charge < -0.3 is 14.5 Å². The number of hydrogen-bond donors (Lipinski definition) is 0. The zero-order chi connectivity index (χ0) is 18.9. The molecule has 0 aromatic rings. The fraction of sp³-hybridized carbons (Fsp3) is 0.900. The second-order valence-corrected chi connectivity index (χ2v) is 9.22. The van der Waals surface area contributed by atoms with Crippen LogP contribution in [0.4, 0.5) is 4.79 Å². The number of ether oxygens (including phenoxy) is 1. The summed E-state index contributed by atoms with van der Waals surface area (Å²) >= 11 is 0. The molecule has 0 aliphatic carbocycles. The van der Waals surface area contributed by atoms with Gasteiger partial charge in [0.25, 0.3) is 0 Å². The zero-order valence-electron chi connectivity index (χ0n) is 16.9. The van der Waals surface area contributed by atoms with Gasteiger partial charge in [-0.25, -0.2) is 4.79 Å². The van der Waals surface area contributed by atoms with E-state index in [2.05, 4.69) is 4.90 Å². The number of carbonyl (C=O) groups excluding carboxylic acids is 2. The maximum atomic E-state index is 12.6. The predicted octanol–water partition coefficient (Wildman–Crippen LogP) is 2.86. The summed E-state index contributed by atoms with van der Waals surface area (Å²) in [7, 11) is 1.86. The van der Waals surface area contributed by atoms with Gasteiger partial charge in [0.05, 0.1) is 6.54 Å². The van der Waals surface area contributed by atoms with Gasteiger partial charge in [-0.3, -0.25) is 9.69 Å². The van der Waals surface area contributed by atoms with E-state index in [1.165, 1.54) is 6.42 Å². The van der Waals surface area contributed by atoms with E-state index >= 15 is 0 Å². The zero-order valence-corrected chi connectivity index (χ0v) is 16.9. The largest absolute Gasteiger partial charge is 0.444 e. The Balaban J connectivity index is 1.60. The number of amides is 2. The van der Waals surface area contributed by atoms with Crippen molar-refractivity contribution in [3.63, 3.8) is 0 Å². The summed E-state index contributed by atoms with van der Waals surface area (Å²) in [5.74, 6) is 0.290. The Morgan fingerprint density at radius 3 is 2.15 bits per heavy atom. The van der Waals surface area contributed by atoms with Crippen LogP contribution in [0.3, 0.4) is 0 Å². The van der Waals surface area contributed by atoms with Crippen LogP contribution in [0.25, 0.3) is 0 Å². The number of rotatable bonds is 3. The first-order chi connectivity index (χ1) is 12.2. The molecule has 3 saturated heterocycles. The molecule has 3 aliphatic rings. The molecule has 0 spiro atoms. The minimum Gasteiger partial charge on any atom is -0.444 e. The van der Waals surface area contributed by atoms with Crippen LogP contribution in [0.5, 0.6) is 0 Å². The van der Waals surface area contributed by atoms with E-state index in [0.29, 0.717) is 24.5 Å². The van der Waals surface area contributed by atoms with Crippen LogP contribution < -0.4 is 0 Å². The van der Waals surface area contributed by atoms with E-state index in [1.807, 2.05) is 32.7 Å². The third-order valence-electron chi connectivity index (χ3n) is 6.11. The molecule has 6 nitrogen and oxygen atoms in total. The van der Waals surface area contributed by atoms with Crippen molar-refractivity contribution in [3.8, 4) is 0 Å². The lowest BCUT2D eigenvalue weighted by molar-refractivity contribution is -0.134. The number of carbonyl (C=O) groups is 2. The standard InChI is InChI=1S/C20H35N3O3/c1-20(2,3)26-19(25)21(4)17-12-15-8-7-9-16(13-17)23(15)14-18(24)22-10-5-6-11-22/h15-17H,5-14H2,1-4H3/t15-,16+,17+. The molecule has 0 radical (unpaired) electrons. The molecule has 0 saturated carbocycles. The maximum Gasteiger partial charge on any atom is 0.410 e. The third kappa shape index (κ3) is 4.51. The lowest BCUT2D eigenvalue weighted by Crippen LogP contribution is -2.59. The minimum absolute atomic E-state index is 0.207. The van der Waals surface area contributed by atoms with Gasteiger partial charge in [-0.05, 0) is 59.3 Å². The first-order valence-corrected chi connectivity index (χ1v) is 10.2. The van der Waals surface area contributed by atoms with Gasteiger partial charge in [-0.2, -0.15) is 0 Å². The van der Waals surface area contributed by atoms with Crippen molar-refractivity contribution in [1.82, 2.24) is 14.7 Å². The van der Waals surface area contributed by atoms with Gasteiger partial charge in [0, 0.05) is 38.3 Å². The monoisotopic (exact) mass is 365 g/mol. The molecule has 0 aromatic heterocycles. The molecule has 3 heterocycles. The Labute approximate surface area is 157 Å². The van der Waals surface area contributed by atoms with Crippen molar-refractivity contribution in [1.29, 1.82) is 0 Å². The molecular formula is C20H35N3O3. The first-order valence-electron chi connectivity index (χ1n) is 10.2. The van der Waals surface area contributed by atoms with Crippen LogP contribution >= 0.6 is 0 Å². The molecule has 0 aromatic carbocycles. The van der Waals surface area contributed by atoms with Crippen molar-refractivity contribution >= 4 is 12.0 Å². The summed E-state index contributed by atoms with van der Waals surface area (Å²) in [6, 6.07) is 1.02. The molecule has 0 N–H and O–H groups in total. The Bertz CT molecular complexity index is 511. The highest BCUT2D eigenvalue weighted by atomic mass is 16.6. The molecule has 0 unspecified atom stereocenters. The molecule has 2 amide bonds. The van der Waals surface area contributed by atoms with E-state index in [4.69, 9.17) is 4.74 Å². The molecule has 2 bridgehead atoms. The number of piperidine rings is 2. The summed E-state index contributed by atoms with van der Waals surface area (Å²) in [6.07, 6.45) is 7.42. The smallest absolute Gasteiger partial charge is 0.410 e. The van der Waals surface area contributed by atoms with Crippen molar-refractivity contribution < 1.29 is 14.3 Å². The molecule has 26 heavy (non-hydrogen) atoms. The quantitative estimate of drug-likeness (QED) is 0.772. The van der Waals surface area contributed by atoms with Crippen LogP contribution in [0.1, 0.15) is 65.7 Å². The van der Waals surface area contributed by atoms with Gasteiger partial charge in [-0.1, -0.05) is 6.42 Å². The highest BCUT2D eigenvalue weighted by molar-refractivity contribution is 5.78. The lowest BCUT2D eigenvalue weighted by atomic mass is 9.81. The second-order valence-electron chi connectivity index (χ2n) is 9.22. The van der Waals surface area contributed by atoms with E-state index in [-0.39, 0.29) is 12.1 Å². The molecule has 3 rings (SSSR count). The Kier molecular flexibility index (Phi) is 5.80. The van der Waals surface area contributed by atoms with Crippen molar-refractivity contribution in [2.75, 3.05) is 26.7 Å². The fourth-order valence-electron chi connectivity index (χ4n) is 4.73. The highest BCUT2D eigenvalue weighted by Crippen LogP contribution is 2.36. The van der Waals surface area contributed by atoms with Gasteiger partial charge in [0.1, 0.15) is 5.60 Å². The first kappa shape index (κ1) is 19.5. The van der Waals surface area contributed by atoms with E-state index < -0.39 is 5.60 Å². The molecule has 3 atom stereocenters. The number of nitrogens with zero attached hydrogens (tertiary/aromatic N) is 3. The summed E-state index contributed by atoms with van der Waals surface area (Å²) < 4.78 is 5.55. The molecule has 3 fully saturated rings. The molecular weight excluding hydrogens is 330 g/mol. The Hall–Kier alpha value is -1.30. The SMILES string of the molecule is CN(C(=O)OC(C)(C)C)[C@H]1C[C@H]2CCC[C@@H](C1)N2CC(=O)N1CCCC1. The van der Waals surface area contributed by atoms with Gasteiger partial charge in [0.2, 0.25) is 5.91 Å². The minimum atomic E-state index is -0.468.